The first kappa shape index (κ1) is 13.9. The van der Waals surface area contributed by atoms with Gasteiger partial charge in [-0.2, -0.15) is 0 Å². The van der Waals surface area contributed by atoms with Crippen molar-refractivity contribution in [3.63, 3.8) is 0 Å². The fourth-order valence-corrected chi connectivity index (χ4v) is 2.54. The molecular formula is C13H28N2O. The summed E-state index contributed by atoms with van der Waals surface area (Å²) in [7, 11) is 1.78. The van der Waals surface area contributed by atoms with Gasteiger partial charge >= 0.3 is 0 Å². The molecule has 1 aliphatic rings. The van der Waals surface area contributed by atoms with E-state index < -0.39 is 0 Å². The zero-order valence-electron chi connectivity index (χ0n) is 11.5. The van der Waals surface area contributed by atoms with Gasteiger partial charge in [-0.1, -0.05) is 6.92 Å². The molecule has 3 nitrogen and oxygen atoms in total. The number of hydrogen-bond donors (Lipinski definition) is 1. The predicted octanol–water partition coefficient (Wildman–Crippen LogP) is 1.87. The molecule has 0 spiro atoms. The topological polar surface area (TPSA) is 24.5 Å². The van der Waals surface area contributed by atoms with Crippen molar-refractivity contribution in [3.8, 4) is 0 Å². The van der Waals surface area contributed by atoms with Gasteiger partial charge in [0.25, 0.3) is 0 Å². The summed E-state index contributed by atoms with van der Waals surface area (Å²) in [4.78, 5) is 2.64. The quantitative estimate of drug-likeness (QED) is 0.777. The summed E-state index contributed by atoms with van der Waals surface area (Å²) in [5.41, 5.74) is 0.263. The van der Waals surface area contributed by atoms with Crippen molar-refractivity contribution in [2.45, 2.75) is 58.2 Å². The second-order valence-electron chi connectivity index (χ2n) is 5.58. The summed E-state index contributed by atoms with van der Waals surface area (Å²) in [5.74, 6) is 0. The summed E-state index contributed by atoms with van der Waals surface area (Å²) in [6, 6.07) is 1.25. The van der Waals surface area contributed by atoms with Gasteiger partial charge < -0.3 is 10.1 Å². The van der Waals surface area contributed by atoms with Crippen LogP contribution >= 0.6 is 0 Å². The third-order valence-electron chi connectivity index (χ3n) is 3.78. The first-order valence-electron chi connectivity index (χ1n) is 6.50. The molecular weight excluding hydrogens is 200 g/mol. The summed E-state index contributed by atoms with van der Waals surface area (Å²) in [6.07, 6.45) is 2.33. The molecule has 1 rings (SSSR count). The minimum Gasteiger partial charge on any atom is -0.385 e. The Morgan fingerprint density at radius 1 is 1.50 bits per heavy atom. The highest BCUT2D eigenvalue weighted by Crippen LogP contribution is 2.23. The molecule has 0 saturated carbocycles. The van der Waals surface area contributed by atoms with Crippen LogP contribution in [0.2, 0.25) is 0 Å². The van der Waals surface area contributed by atoms with Gasteiger partial charge in [0.2, 0.25) is 0 Å². The molecule has 0 aromatic rings. The number of methoxy groups -OCH3 is 1. The Labute approximate surface area is 101 Å². The number of ether oxygens (including phenoxy) is 1. The third kappa shape index (κ3) is 3.44. The van der Waals surface area contributed by atoms with Crippen molar-refractivity contribution < 1.29 is 4.74 Å². The van der Waals surface area contributed by atoms with E-state index in [1.807, 2.05) is 0 Å². The Morgan fingerprint density at radius 3 is 2.75 bits per heavy atom. The van der Waals surface area contributed by atoms with Crippen molar-refractivity contribution in [3.05, 3.63) is 0 Å². The maximum absolute atomic E-state index is 5.18. The van der Waals surface area contributed by atoms with Gasteiger partial charge in [-0.15, -0.1) is 0 Å². The lowest BCUT2D eigenvalue weighted by molar-refractivity contribution is 0.0184. The zero-order chi connectivity index (χ0) is 12.2. The van der Waals surface area contributed by atoms with Crippen LogP contribution in [0.1, 0.15) is 40.5 Å². The van der Waals surface area contributed by atoms with Gasteiger partial charge in [0, 0.05) is 44.4 Å². The van der Waals surface area contributed by atoms with E-state index in [-0.39, 0.29) is 5.54 Å². The molecule has 0 aliphatic carbocycles. The Morgan fingerprint density at radius 2 is 2.19 bits per heavy atom. The summed E-state index contributed by atoms with van der Waals surface area (Å²) >= 11 is 0. The van der Waals surface area contributed by atoms with E-state index in [9.17, 15) is 0 Å². The molecule has 0 amide bonds. The van der Waals surface area contributed by atoms with Gasteiger partial charge in [0.15, 0.2) is 0 Å². The number of hydrogen-bond acceptors (Lipinski definition) is 3. The van der Waals surface area contributed by atoms with Crippen LogP contribution < -0.4 is 5.32 Å². The molecule has 0 radical (unpaired) electrons. The van der Waals surface area contributed by atoms with Crippen LogP contribution in [-0.4, -0.2) is 49.3 Å². The third-order valence-corrected chi connectivity index (χ3v) is 3.78. The van der Waals surface area contributed by atoms with Crippen LogP contribution in [0.15, 0.2) is 0 Å². The molecule has 2 atom stereocenters. The zero-order valence-corrected chi connectivity index (χ0v) is 11.5. The minimum atomic E-state index is 0.263. The van der Waals surface area contributed by atoms with Crippen LogP contribution in [0.3, 0.4) is 0 Å². The van der Waals surface area contributed by atoms with Crippen LogP contribution in [-0.2, 0) is 4.74 Å². The van der Waals surface area contributed by atoms with E-state index in [0.717, 1.165) is 26.1 Å². The monoisotopic (exact) mass is 228 g/mol. The minimum absolute atomic E-state index is 0.263. The van der Waals surface area contributed by atoms with Crippen LogP contribution in [0.25, 0.3) is 0 Å². The van der Waals surface area contributed by atoms with E-state index in [0.29, 0.717) is 12.1 Å². The molecule has 1 N–H and O–H groups in total. The second kappa shape index (κ2) is 5.99. The Bertz CT molecular complexity index is 206. The smallest absolute Gasteiger partial charge is 0.0477 e. The molecule has 16 heavy (non-hydrogen) atoms. The average molecular weight is 228 g/mol. The molecule has 0 aromatic carbocycles. The summed E-state index contributed by atoms with van der Waals surface area (Å²) < 4.78 is 5.18. The Kier molecular flexibility index (Phi) is 5.22. The number of nitrogens with zero attached hydrogens (tertiary/aromatic N) is 1. The fourth-order valence-electron chi connectivity index (χ4n) is 2.54. The Balaban J connectivity index is 2.57. The molecule has 2 unspecified atom stereocenters. The number of rotatable bonds is 5. The molecule has 1 heterocycles. The highest BCUT2D eigenvalue weighted by atomic mass is 16.5. The van der Waals surface area contributed by atoms with Gasteiger partial charge in [0.05, 0.1) is 0 Å². The van der Waals surface area contributed by atoms with Gasteiger partial charge in [-0.05, 0) is 33.6 Å². The van der Waals surface area contributed by atoms with Crippen molar-refractivity contribution in [1.29, 1.82) is 0 Å². The van der Waals surface area contributed by atoms with Crippen molar-refractivity contribution >= 4 is 0 Å². The van der Waals surface area contributed by atoms with Crippen LogP contribution in [0.5, 0.6) is 0 Å². The van der Waals surface area contributed by atoms with Crippen molar-refractivity contribution in [1.82, 2.24) is 10.2 Å². The van der Waals surface area contributed by atoms with E-state index in [4.69, 9.17) is 4.74 Å². The fraction of sp³-hybridized carbons (Fsp3) is 1.00. The lowest BCUT2D eigenvalue weighted by Gasteiger charge is -2.49. The van der Waals surface area contributed by atoms with E-state index in [1.54, 1.807) is 7.11 Å². The van der Waals surface area contributed by atoms with Crippen molar-refractivity contribution in [2.75, 3.05) is 26.8 Å². The summed E-state index contributed by atoms with van der Waals surface area (Å²) in [5, 5.41) is 3.63. The SMILES string of the molecule is CCC1CN(C(C)CCOC)C(C)(C)CN1. The maximum Gasteiger partial charge on any atom is 0.0477 e. The second-order valence-corrected chi connectivity index (χ2v) is 5.58. The Hall–Kier alpha value is -0.120. The van der Waals surface area contributed by atoms with Crippen molar-refractivity contribution in [2.24, 2.45) is 0 Å². The maximum atomic E-state index is 5.18. The number of piperazine rings is 1. The van der Waals surface area contributed by atoms with E-state index >= 15 is 0 Å². The largest absolute Gasteiger partial charge is 0.385 e. The predicted molar refractivity (Wildman–Crippen MR) is 68.8 cm³/mol. The molecule has 0 aromatic heterocycles. The first-order chi connectivity index (χ1) is 7.51. The average Bonchev–Trinajstić information content (AvgIpc) is 2.25. The molecule has 1 fully saturated rings. The molecule has 96 valence electrons. The van der Waals surface area contributed by atoms with E-state index in [2.05, 4.69) is 37.9 Å². The summed E-state index contributed by atoms with van der Waals surface area (Å²) in [6.45, 7) is 12.3. The number of nitrogens with one attached hydrogen (secondary N) is 1. The first-order valence-corrected chi connectivity index (χ1v) is 6.50. The standard InChI is InChI=1S/C13H28N2O/c1-6-12-9-15(11(2)7-8-16-5)13(3,4)10-14-12/h11-12,14H,6-10H2,1-5H3. The van der Waals surface area contributed by atoms with Gasteiger partial charge in [-0.25, -0.2) is 0 Å². The highest BCUT2D eigenvalue weighted by molar-refractivity contribution is 4.94. The normalized spacial score (nSPS) is 27.9. The molecule has 3 heteroatoms. The molecule has 0 bridgehead atoms. The van der Waals surface area contributed by atoms with Crippen LogP contribution in [0.4, 0.5) is 0 Å². The molecule has 1 aliphatic heterocycles. The lowest BCUT2D eigenvalue weighted by Crippen LogP contribution is -2.64. The lowest BCUT2D eigenvalue weighted by atomic mass is 9.94. The van der Waals surface area contributed by atoms with Gasteiger partial charge in [0.1, 0.15) is 0 Å². The van der Waals surface area contributed by atoms with Gasteiger partial charge in [-0.3, -0.25) is 4.90 Å². The van der Waals surface area contributed by atoms with Crippen LogP contribution in [0, 0.1) is 0 Å². The highest BCUT2D eigenvalue weighted by Gasteiger charge is 2.35. The molecule has 1 saturated heterocycles. The van der Waals surface area contributed by atoms with E-state index in [1.165, 1.54) is 6.42 Å².